The molecule has 0 aliphatic heterocycles. The first kappa shape index (κ1) is 12.2. The summed E-state index contributed by atoms with van der Waals surface area (Å²) < 4.78 is 40.4. The Hall–Kier alpha value is -1.85. The number of halogens is 3. The van der Waals surface area contributed by atoms with Crippen LogP contribution in [-0.4, -0.2) is 25.0 Å². The van der Waals surface area contributed by atoms with Gasteiger partial charge in [0.05, 0.1) is 12.7 Å². The third kappa shape index (κ3) is 2.59. The highest BCUT2D eigenvalue weighted by molar-refractivity contribution is 6.01. The quantitative estimate of drug-likeness (QED) is 0.580. The number of benzene rings is 1. The number of hydrogen-bond donors (Lipinski definition) is 0. The molecule has 6 heteroatoms. The standard InChI is InChI=1S/C10H7F3O3/c1-16-9(15)7-4-2-6(3-5-7)8(14)10(11,12)13/h2-5H,1H3. The van der Waals surface area contributed by atoms with Crippen molar-refractivity contribution in [2.24, 2.45) is 0 Å². The molecule has 0 N–H and O–H groups in total. The second kappa shape index (κ2) is 4.34. The molecule has 16 heavy (non-hydrogen) atoms. The van der Waals surface area contributed by atoms with Gasteiger partial charge in [-0.25, -0.2) is 4.79 Å². The predicted octanol–water partition coefficient (Wildman–Crippen LogP) is 2.22. The number of ketones is 1. The van der Waals surface area contributed by atoms with Gasteiger partial charge in [-0.3, -0.25) is 4.79 Å². The molecule has 0 aromatic heterocycles. The van der Waals surface area contributed by atoms with E-state index >= 15 is 0 Å². The van der Waals surface area contributed by atoms with Gasteiger partial charge in [0.25, 0.3) is 5.78 Å². The Kier molecular flexibility index (Phi) is 3.31. The highest BCUT2D eigenvalue weighted by Crippen LogP contribution is 2.21. The summed E-state index contributed by atoms with van der Waals surface area (Å²) in [6.45, 7) is 0. The van der Waals surface area contributed by atoms with Crippen LogP contribution >= 0.6 is 0 Å². The zero-order chi connectivity index (χ0) is 12.3. The maximum atomic E-state index is 12.0. The van der Waals surface area contributed by atoms with Crippen LogP contribution in [0.2, 0.25) is 0 Å². The Labute approximate surface area is 88.8 Å². The molecule has 1 aromatic rings. The van der Waals surface area contributed by atoms with Gasteiger partial charge in [0, 0.05) is 5.56 Å². The molecular formula is C10H7F3O3. The lowest BCUT2D eigenvalue weighted by Gasteiger charge is -2.05. The van der Waals surface area contributed by atoms with E-state index in [2.05, 4.69) is 4.74 Å². The molecule has 0 spiro atoms. The Balaban J connectivity index is 2.96. The van der Waals surface area contributed by atoms with Crippen LogP contribution in [0.4, 0.5) is 13.2 Å². The van der Waals surface area contributed by atoms with Crippen molar-refractivity contribution in [3.8, 4) is 0 Å². The summed E-state index contributed by atoms with van der Waals surface area (Å²) in [7, 11) is 1.15. The van der Waals surface area contributed by atoms with Crippen LogP contribution in [0.25, 0.3) is 0 Å². The van der Waals surface area contributed by atoms with Crippen molar-refractivity contribution in [2.45, 2.75) is 6.18 Å². The number of ether oxygens (including phenoxy) is 1. The van der Waals surface area contributed by atoms with E-state index in [1.807, 2.05) is 0 Å². The summed E-state index contributed by atoms with van der Waals surface area (Å²) >= 11 is 0. The average molecular weight is 232 g/mol. The highest BCUT2D eigenvalue weighted by Gasteiger charge is 2.39. The molecule has 0 fully saturated rings. The third-order valence-corrected chi connectivity index (χ3v) is 1.83. The van der Waals surface area contributed by atoms with Gasteiger partial charge in [0.2, 0.25) is 0 Å². The fourth-order valence-corrected chi connectivity index (χ4v) is 1.04. The molecule has 1 rings (SSSR count). The van der Waals surface area contributed by atoms with Crippen molar-refractivity contribution in [1.82, 2.24) is 0 Å². The van der Waals surface area contributed by atoms with Gasteiger partial charge in [-0.1, -0.05) is 12.1 Å². The van der Waals surface area contributed by atoms with Crippen LogP contribution in [0.1, 0.15) is 20.7 Å². The van der Waals surface area contributed by atoms with Crippen LogP contribution in [0.5, 0.6) is 0 Å². The van der Waals surface area contributed by atoms with Gasteiger partial charge < -0.3 is 4.74 Å². The van der Waals surface area contributed by atoms with Crippen molar-refractivity contribution in [3.05, 3.63) is 35.4 Å². The van der Waals surface area contributed by atoms with E-state index in [1.165, 1.54) is 0 Å². The normalized spacial score (nSPS) is 11.0. The molecule has 1 aromatic carbocycles. The lowest BCUT2D eigenvalue weighted by molar-refractivity contribution is -0.0885. The summed E-state index contributed by atoms with van der Waals surface area (Å²) in [4.78, 5) is 21.7. The molecule has 86 valence electrons. The average Bonchev–Trinajstić information content (AvgIpc) is 2.26. The minimum absolute atomic E-state index is 0.0845. The van der Waals surface area contributed by atoms with E-state index in [0.717, 1.165) is 31.4 Å². The van der Waals surface area contributed by atoms with Gasteiger partial charge in [0.1, 0.15) is 0 Å². The predicted molar refractivity (Wildman–Crippen MR) is 48.2 cm³/mol. The lowest BCUT2D eigenvalue weighted by atomic mass is 10.1. The largest absolute Gasteiger partial charge is 0.465 e. The van der Waals surface area contributed by atoms with E-state index in [4.69, 9.17) is 0 Å². The summed E-state index contributed by atoms with van der Waals surface area (Å²) in [6, 6.07) is 4.07. The molecule has 0 radical (unpaired) electrons. The molecule has 0 bridgehead atoms. The van der Waals surface area contributed by atoms with Crippen molar-refractivity contribution in [3.63, 3.8) is 0 Å². The second-order valence-corrected chi connectivity index (χ2v) is 2.90. The van der Waals surface area contributed by atoms with Crippen LogP contribution in [0.15, 0.2) is 24.3 Å². The number of esters is 1. The Morgan fingerprint density at radius 2 is 1.50 bits per heavy atom. The fourth-order valence-electron chi connectivity index (χ4n) is 1.04. The summed E-state index contributed by atoms with van der Waals surface area (Å²) in [6.07, 6.45) is -4.91. The summed E-state index contributed by atoms with van der Waals surface area (Å²) in [5, 5.41) is 0. The molecule has 3 nitrogen and oxygen atoms in total. The first-order valence-electron chi connectivity index (χ1n) is 4.16. The van der Waals surface area contributed by atoms with Crippen LogP contribution in [0, 0.1) is 0 Å². The third-order valence-electron chi connectivity index (χ3n) is 1.83. The molecule has 0 aliphatic rings. The molecule has 0 saturated carbocycles. The van der Waals surface area contributed by atoms with Gasteiger partial charge in [-0.05, 0) is 12.1 Å². The zero-order valence-electron chi connectivity index (χ0n) is 8.17. The molecule has 0 amide bonds. The second-order valence-electron chi connectivity index (χ2n) is 2.90. The number of rotatable bonds is 2. The van der Waals surface area contributed by atoms with Crippen LogP contribution in [0.3, 0.4) is 0 Å². The van der Waals surface area contributed by atoms with Gasteiger partial charge >= 0.3 is 12.1 Å². The smallest absolute Gasteiger partial charge is 0.454 e. The number of alkyl halides is 3. The van der Waals surface area contributed by atoms with E-state index in [1.54, 1.807) is 0 Å². The monoisotopic (exact) mass is 232 g/mol. The van der Waals surface area contributed by atoms with Crippen LogP contribution in [-0.2, 0) is 4.74 Å². The minimum Gasteiger partial charge on any atom is -0.465 e. The molecule has 0 heterocycles. The summed E-state index contributed by atoms with van der Waals surface area (Å²) in [5.74, 6) is -2.62. The number of carbonyl (C=O) groups excluding carboxylic acids is 2. The van der Waals surface area contributed by atoms with Crippen molar-refractivity contribution >= 4 is 11.8 Å². The SMILES string of the molecule is COC(=O)c1ccc(C(=O)C(F)(F)F)cc1. The van der Waals surface area contributed by atoms with Gasteiger partial charge in [0.15, 0.2) is 0 Å². The maximum Gasteiger partial charge on any atom is 0.454 e. The number of Topliss-reactive ketones (excluding diaryl/α,β-unsaturated/α-hetero) is 1. The first-order chi connectivity index (χ1) is 7.36. The molecule has 0 saturated heterocycles. The number of carbonyl (C=O) groups is 2. The van der Waals surface area contributed by atoms with E-state index < -0.39 is 23.5 Å². The maximum absolute atomic E-state index is 12.0. The Morgan fingerprint density at radius 3 is 1.88 bits per heavy atom. The zero-order valence-corrected chi connectivity index (χ0v) is 8.17. The number of methoxy groups -OCH3 is 1. The highest BCUT2D eigenvalue weighted by atomic mass is 19.4. The van der Waals surface area contributed by atoms with Crippen molar-refractivity contribution < 1.29 is 27.5 Å². The van der Waals surface area contributed by atoms with Gasteiger partial charge in [-0.15, -0.1) is 0 Å². The Morgan fingerprint density at radius 1 is 1.06 bits per heavy atom. The summed E-state index contributed by atoms with van der Waals surface area (Å²) in [5.41, 5.74) is -0.429. The fraction of sp³-hybridized carbons (Fsp3) is 0.200. The van der Waals surface area contributed by atoms with Crippen molar-refractivity contribution in [1.29, 1.82) is 0 Å². The number of hydrogen-bond acceptors (Lipinski definition) is 3. The van der Waals surface area contributed by atoms with Crippen LogP contribution < -0.4 is 0 Å². The topological polar surface area (TPSA) is 43.4 Å². The van der Waals surface area contributed by atoms with E-state index in [0.29, 0.717) is 0 Å². The molecular weight excluding hydrogens is 225 g/mol. The van der Waals surface area contributed by atoms with E-state index in [-0.39, 0.29) is 5.56 Å². The van der Waals surface area contributed by atoms with Gasteiger partial charge in [-0.2, -0.15) is 13.2 Å². The van der Waals surface area contributed by atoms with Crippen molar-refractivity contribution in [2.75, 3.05) is 7.11 Å². The Bertz CT molecular complexity index is 406. The molecule has 0 aliphatic carbocycles. The van der Waals surface area contributed by atoms with E-state index in [9.17, 15) is 22.8 Å². The first-order valence-corrected chi connectivity index (χ1v) is 4.16. The lowest BCUT2D eigenvalue weighted by Crippen LogP contribution is -2.22. The molecule has 0 atom stereocenters. The molecule has 0 unspecified atom stereocenters. The minimum atomic E-state index is -4.91.